The highest BCUT2D eigenvalue weighted by molar-refractivity contribution is 8.01. The molecule has 0 spiro atoms. The van der Waals surface area contributed by atoms with Crippen LogP contribution in [0.5, 0.6) is 11.5 Å². The summed E-state index contributed by atoms with van der Waals surface area (Å²) >= 11 is 2.19. The number of carbonyl (C=O) groups is 2. The van der Waals surface area contributed by atoms with Crippen LogP contribution in [0.15, 0.2) is 52.9 Å². The highest BCUT2D eigenvalue weighted by Crippen LogP contribution is 2.27. The molecule has 3 aromatic rings. The number of hydrogen-bond acceptors (Lipinski definition) is 8. The molecule has 1 heterocycles. The molecule has 0 radical (unpaired) electrons. The second-order valence-electron chi connectivity index (χ2n) is 5.97. The molecular formula is C19H15F3N4O4S2. The molecule has 0 aliphatic rings. The van der Waals surface area contributed by atoms with E-state index in [0.717, 1.165) is 35.2 Å². The molecule has 0 bridgehead atoms. The molecule has 8 nitrogen and oxygen atoms in total. The number of alkyl halides is 3. The van der Waals surface area contributed by atoms with Crippen LogP contribution in [-0.4, -0.2) is 41.2 Å². The van der Waals surface area contributed by atoms with E-state index in [2.05, 4.69) is 25.6 Å². The zero-order chi connectivity index (χ0) is 23.1. The molecule has 0 aliphatic carbocycles. The molecular weight excluding hydrogens is 469 g/mol. The minimum atomic E-state index is -4.78. The van der Waals surface area contributed by atoms with Crippen LogP contribution < -0.4 is 20.1 Å². The van der Waals surface area contributed by atoms with Crippen molar-refractivity contribution in [3.05, 3.63) is 54.1 Å². The van der Waals surface area contributed by atoms with Crippen molar-refractivity contribution < 1.29 is 32.2 Å². The number of thioether (sulfide) groups is 1. The number of halogens is 3. The SMILES string of the molecule is COc1cccc(C(=O)Nc2nnc(SCC(=O)Nc3ccc(OC(F)(F)F)cc3)s2)c1. The summed E-state index contributed by atoms with van der Waals surface area (Å²) in [4.78, 5) is 24.4. The van der Waals surface area contributed by atoms with Gasteiger partial charge in [-0.3, -0.25) is 14.9 Å². The third kappa shape index (κ3) is 7.13. The summed E-state index contributed by atoms with van der Waals surface area (Å²) in [7, 11) is 1.50. The van der Waals surface area contributed by atoms with Gasteiger partial charge in [0.1, 0.15) is 11.5 Å². The van der Waals surface area contributed by atoms with Gasteiger partial charge >= 0.3 is 6.36 Å². The number of nitrogens with one attached hydrogen (secondary N) is 2. The van der Waals surface area contributed by atoms with Crippen LogP contribution in [0.4, 0.5) is 24.0 Å². The smallest absolute Gasteiger partial charge is 0.497 e. The largest absolute Gasteiger partial charge is 0.573 e. The van der Waals surface area contributed by atoms with Gasteiger partial charge in [-0.2, -0.15) is 0 Å². The van der Waals surface area contributed by atoms with Gasteiger partial charge < -0.3 is 14.8 Å². The number of rotatable bonds is 8. The van der Waals surface area contributed by atoms with Gasteiger partial charge in [0.05, 0.1) is 12.9 Å². The molecule has 168 valence electrons. The predicted octanol–water partition coefficient (Wildman–Crippen LogP) is 4.43. The van der Waals surface area contributed by atoms with Crippen molar-refractivity contribution in [2.75, 3.05) is 23.5 Å². The lowest BCUT2D eigenvalue weighted by atomic mass is 10.2. The summed E-state index contributed by atoms with van der Waals surface area (Å²) in [6.07, 6.45) is -4.78. The first-order valence-electron chi connectivity index (χ1n) is 8.79. The number of anilines is 2. The normalized spacial score (nSPS) is 11.0. The summed E-state index contributed by atoms with van der Waals surface area (Å²) in [6, 6.07) is 11.4. The standard InChI is InChI=1S/C19H15F3N4O4S2/c1-29-14-4-2-3-11(9-14)16(28)24-17-25-26-18(32-17)31-10-15(27)23-12-5-7-13(8-6-12)30-19(20,21)22/h2-9H,10H2,1H3,(H,23,27)(H,24,25,28). The van der Waals surface area contributed by atoms with Crippen molar-refractivity contribution in [2.45, 2.75) is 10.7 Å². The van der Waals surface area contributed by atoms with Gasteiger partial charge in [-0.25, -0.2) is 0 Å². The Kier molecular flexibility index (Phi) is 7.53. The number of carbonyl (C=O) groups excluding carboxylic acids is 2. The van der Waals surface area contributed by atoms with Crippen molar-refractivity contribution in [3.8, 4) is 11.5 Å². The summed E-state index contributed by atoms with van der Waals surface area (Å²) in [6.45, 7) is 0. The van der Waals surface area contributed by atoms with Crippen LogP contribution >= 0.6 is 23.1 Å². The van der Waals surface area contributed by atoms with Crippen LogP contribution in [0.2, 0.25) is 0 Å². The number of nitrogens with zero attached hydrogens (tertiary/aromatic N) is 2. The van der Waals surface area contributed by atoms with Crippen LogP contribution in [0.25, 0.3) is 0 Å². The third-order valence-electron chi connectivity index (χ3n) is 3.66. The first-order chi connectivity index (χ1) is 15.2. The van der Waals surface area contributed by atoms with E-state index in [1.807, 2.05) is 0 Å². The van der Waals surface area contributed by atoms with Gasteiger partial charge in [0, 0.05) is 11.3 Å². The Labute approximate surface area is 188 Å². The average Bonchev–Trinajstić information content (AvgIpc) is 3.20. The first-order valence-corrected chi connectivity index (χ1v) is 10.6. The monoisotopic (exact) mass is 484 g/mol. The maximum atomic E-state index is 12.3. The van der Waals surface area contributed by atoms with E-state index in [4.69, 9.17) is 4.74 Å². The Morgan fingerprint density at radius 1 is 1.06 bits per heavy atom. The zero-order valence-electron chi connectivity index (χ0n) is 16.3. The van der Waals surface area contributed by atoms with E-state index in [1.54, 1.807) is 24.3 Å². The Balaban J connectivity index is 1.48. The summed E-state index contributed by atoms with van der Waals surface area (Å²) in [5.41, 5.74) is 0.702. The highest BCUT2D eigenvalue weighted by atomic mass is 32.2. The lowest BCUT2D eigenvalue weighted by Crippen LogP contribution is -2.17. The van der Waals surface area contributed by atoms with Gasteiger partial charge in [-0.15, -0.1) is 23.4 Å². The molecule has 2 amide bonds. The Bertz CT molecular complexity index is 1090. The van der Waals surface area contributed by atoms with Crippen molar-refractivity contribution in [3.63, 3.8) is 0 Å². The Hall–Kier alpha value is -3.32. The fraction of sp³-hybridized carbons (Fsp3) is 0.158. The third-order valence-corrected chi connectivity index (χ3v) is 5.63. The van der Waals surface area contributed by atoms with E-state index in [-0.39, 0.29) is 22.5 Å². The fourth-order valence-electron chi connectivity index (χ4n) is 2.32. The molecule has 0 fully saturated rings. The van der Waals surface area contributed by atoms with Gasteiger partial charge in [0.2, 0.25) is 11.0 Å². The molecule has 2 aromatic carbocycles. The summed E-state index contributed by atoms with van der Waals surface area (Å²) < 4.78 is 45.8. The maximum Gasteiger partial charge on any atom is 0.573 e. The number of aromatic nitrogens is 2. The van der Waals surface area contributed by atoms with Crippen LogP contribution in [0.3, 0.4) is 0 Å². The summed E-state index contributed by atoms with van der Waals surface area (Å²) in [5, 5.41) is 13.2. The van der Waals surface area contributed by atoms with Gasteiger partial charge in [-0.05, 0) is 42.5 Å². The molecule has 32 heavy (non-hydrogen) atoms. The lowest BCUT2D eigenvalue weighted by molar-refractivity contribution is -0.274. The average molecular weight is 484 g/mol. The van der Waals surface area contributed by atoms with Gasteiger partial charge in [0.25, 0.3) is 5.91 Å². The number of benzene rings is 2. The Morgan fingerprint density at radius 3 is 2.50 bits per heavy atom. The van der Waals surface area contributed by atoms with E-state index in [1.165, 1.54) is 19.2 Å². The molecule has 13 heteroatoms. The second-order valence-corrected chi connectivity index (χ2v) is 8.17. The Morgan fingerprint density at radius 2 is 1.81 bits per heavy atom. The van der Waals surface area contributed by atoms with Crippen molar-refractivity contribution in [2.24, 2.45) is 0 Å². The fourth-order valence-corrected chi connectivity index (χ4v) is 3.86. The molecule has 3 rings (SSSR count). The lowest BCUT2D eigenvalue weighted by Gasteiger charge is -2.09. The van der Waals surface area contributed by atoms with E-state index in [9.17, 15) is 22.8 Å². The summed E-state index contributed by atoms with van der Waals surface area (Å²) in [5.74, 6) is -0.634. The number of hydrogen-bond donors (Lipinski definition) is 2. The molecule has 2 N–H and O–H groups in total. The minimum absolute atomic E-state index is 0.0146. The van der Waals surface area contributed by atoms with E-state index < -0.39 is 12.3 Å². The quantitative estimate of drug-likeness (QED) is 0.360. The molecule has 0 saturated carbocycles. The zero-order valence-corrected chi connectivity index (χ0v) is 17.9. The van der Waals surface area contributed by atoms with Crippen LogP contribution in [-0.2, 0) is 4.79 Å². The number of ether oxygens (including phenoxy) is 2. The van der Waals surface area contributed by atoms with Crippen molar-refractivity contribution >= 4 is 45.7 Å². The molecule has 0 aliphatic heterocycles. The first kappa shape index (κ1) is 23.3. The predicted molar refractivity (Wildman–Crippen MR) is 113 cm³/mol. The second kappa shape index (κ2) is 10.3. The van der Waals surface area contributed by atoms with Crippen LogP contribution in [0.1, 0.15) is 10.4 Å². The van der Waals surface area contributed by atoms with Gasteiger partial charge in [-0.1, -0.05) is 29.2 Å². The molecule has 0 atom stereocenters. The minimum Gasteiger partial charge on any atom is -0.497 e. The molecule has 0 unspecified atom stereocenters. The van der Waals surface area contributed by atoms with E-state index in [0.29, 0.717) is 21.3 Å². The van der Waals surface area contributed by atoms with Crippen molar-refractivity contribution in [1.82, 2.24) is 10.2 Å². The van der Waals surface area contributed by atoms with Crippen LogP contribution in [0, 0.1) is 0 Å². The van der Waals surface area contributed by atoms with Gasteiger partial charge in [0.15, 0.2) is 4.34 Å². The topological polar surface area (TPSA) is 102 Å². The van der Waals surface area contributed by atoms with Crippen molar-refractivity contribution in [1.29, 1.82) is 0 Å². The number of amides is 2. The molecule has 0 saturated heterocycles. The molecule has 1 aromatic heterocycles. The van der Waals surface area contributed by atoms with E-state index >= 15 is 0 Å². The number of methoxy groups -OCH3 is 1. The highest BCUT2D eigenvalue weighted by Gasteiger charge is 2.30. The maximum absolute atomic E-state index is 12.3.